The summed E-state index contributed by atoms with van der Waals surface area (Å²) in [7, 11) is 1.35. The van der Waals surface area contributed by atoms with E-state index in [4.69, 9.17) is 4.74 Å². The van der Waals surface area contributed by atoms with Crippen molar-refractivity contribution in [1.29, 1.82) is 0 Å². The summed E-state index contributed by atoms with van der Waals surface area (Å²) in [6, 6.07) is 1.80. The molecule has 0 spiro atoms. The number of carbonyl (C=O) groups is 2. The highest BCUT2D eigenvalue weighted by atomic mass is 16.5. The van der Waals surface area contributed by atoms with Crippen LogP contribution in [0.15, 0.2) is 6.07 Å². The predicted octanol–water partition coefficient (Wildman–Crippen LogP) is -0.0394. The van der Waals surface area contributed by atoms with Crippen LogP contribution < -0.4 is 5.32 Å². The predicted molar refractivity (Wildman–Crippen MR) is 75.6 cm³/mol. The van der Waals surface area contributed by atoms with Crippen molar-refractivity contribution in [3.63, 3.8) is 0 Å². The third-order valence-electron chi connectivity index (χ3n) is 3.12. The summed E-state index contributed by atoms with van der Waals surface area (Å²) >= 11 is 0. The van der Waals surface area contributed by atoms with Gasteiger partial charge in [0.25, 0.3) is 11.7 Å². The highest BCUT2D eigenvalue weighted by Gasteiger charge is 2.36. The highest BCUT2D eigenvalue weighted by Crippen LogP contribution is 2.08. The van der Waals surface area contributed by atoms with E-state index in [2.05, 4.69) is 20.4 Å². The van der Waals surface area contributed by atoms with Gasteiger partial charge in [-0.05, 0) is 26.8 Å². The molecule has 9 heteroatoms. The molecular formula is C13H17N5O4. The van der Waals surface area contributed by atoms with E-state index >= 15 is 0 Å². The second-order valence-electron chi connectivity index (χ2n) is 5.21. The number of nitrogens with zero attached hydrogens (tertiary/aromatic N) is 4. The molecule has 0 aliphatic carbocycles. The molecule has 0 aliphatic heterocycles. The van der Waals surface area contributed by atoms with E-state index in [0.717, 1.165) is 11.4 Å². The minimum Gasteiger partial charge on any atom is -0.479 e. The summed E-state index contributed by atoms with van der Waals surface area (Å²) in [5, 5.41) is 15.7. The second-order valence-corrected chi connectivity index (χ2v) is 5.21. The number of hydrogen-bond acceptors (Lipinski definition) is 6. The second kappa shape index (κ2) is 5.68. The van der Waals surface area contributed by atoms with Crippen LogP contribution in [0.25, 0.3) is 5.78 Å². The van der Waals surface area contributed by atoms with Gasteiger partial charge in [-0.2, -0.15) is 4.98 Å². The summed E-state index contributed by atoms with van der Waals surface area (Å²) in [5.41, 5.74) is -0.0483. The van der Waals surface area contributed by atoms with Crippen molar-refractivity contribution in [1.82, 2.24) is 24.9 Å². The van der Waals surface area contributed by atoms with Gasteiger partial charge in [0, 0.05) is 18.5 Å². The maximum atomic E-state index is 12.2. The average molecular weight is 307 g/mol. The lowest BCUT2D eigenvalue weighted by molar-refractivity contribution is -0.145. The molecule has 1 amide bonds. The third-order valence-corrected chi connectivity index (χ3v) is 3.12. The Morgan fingerprint density at radius 2 is 2.09 bits per heavy atom. The maximum absolute atomic E-state index is 12.2. The van der Waals surface area contributed by atoms with Gasteiger partial charge in [-0.3, -0.25) is 4.79 Å². The summed E-state index contributed by atoms with van der Waals surface area (Å²) < 4.78 is 6.27. The fourth-order valence-corrected chi connectivity index (χ4v) is 2.01. The quantitative estimate of drug-likeness (QED) is 0.795. The molecule has 0 aromatic carbocycles. The number of carboxylic acids is 1. The van der Waals surface area contributed by atoms with Crippen LogP contribution in [0, 0.1) is 13.8 Å². The molecule has 2 aromatic heterocycles. The fraction of sp³-hybridized carbons (Fsp3) is 0.462. The minimum absolute atomic E-state index is 0.148. The molecule has 2 rings (SSSR count). The largest absolute Gasteiger partial charge is 0.479 e. The Kier molecular flexibility index (Phi) is 4.09. The van der Waals surface area contributed by atoms with Crippen molar-refractivity contribution in [3.05, 3.63) is 23.3 Å². The van der Waals surface area contributed by atoms with E-state index in [1.807, 2.05) is 13.8 Å². The molecule has 0 saturated carbocycles. The zero-order chi connectivity index (χ0) is 16.5. The van der Waals surface area contributed by atoms with Crippen LogP contribution in [0.4, 0.5) is 0 Å². The molecule has 0 radical (unpaired) electrons. The highest BCUT2D eigenvalue weighted by molar-refractivity contribution is 5.95. The molecule has 0 bridgehead atoms. The van der Waals surface area contributed by atoms with Crippen molar-refractivity contribution < 1.29 is 19.4 Å². The Hall–Kier alpha value is -2.55. The molecular weight excluding hydrogens is 290 g/mol. The molecule has 1 unspecified atom stereocenters. The Bertz CT molecular complexity index is 741. The standard InChI is InChI=1S/C13H17N5O4/c1-7-5-8(2)18-12(14-7)15-9(17-18)10(19)16-13(3,6-22-4)11(20)21/h5H,6H2,1-4H3,(H,16,19)(H,20,21). The number of nitrogens with one attached hydrogen (secondary N) is 1. The Balaban J connectivity index is 2.33. The van der Waals surface area contributed by atoms with Crippen LogP contribution in [0.5, 0.6) is 0 Å². The molecule has 0 aliphatic rings. The zero-order valence-electron chi connectivity index (χ0n) is 12.7. The Labute approximate surface area is 126 Å². The molecule has 0 fully saturated rings. The smallest absolute Gasteiger partial charge is 0.331 e. The number of aliphatic carboxylic acids is 1. The van der Waals surface area contributed by atoms with E-state index < -0.39 is 17.4 Å². The van der Waals surface area contributed by atoms with Gasteiger partial charge in [0.15, 0.2) is 5.54 Å². The SMILES string of the molecule is COCC(C)(NC(=O)c1nc2nc(C)cc(C)n2n1)C(=O)O. The topological polar surface area (TPSA) is 119 Å². The lowest BCUT2D eigenvalue weighted by atomic mass is 10.0. The summed E-state index contributed by atoms with van der Waals surface area (Å²) in [6.07, 6.45) is 0. The van der Waals surface area contributed by atoms with Gasteiger partial charge in [-0.15, -0.1) is 5.10 Å². The zero-order valence-corrected chi connectivity index (χ0v) is 12.7. The number of carbonyl (C=O) groups excluding carboxylic acids is 1. The number of aromatic nitrogens is 4. The van der Waals surface area contributed by atoms with E-state index in [0.29, 0.717) is 0 Å². The summed E-state index contributed by atoms with van der Waals surface area (Å²) in [5.74, 6) is -1.78. The first-order valence-corrected chi connectivity index (χ1v) is 6.52. The molecule has 118 valence electrons. The van der Waals surface area contributed by atoms with Crippen LogP contribution >= 0.6 is 0 Å². The molecule has 0 saturated heterocycles. The number of methoxy groups -OCH3 is 1. The minimum atomic E-state index is -1.57. The first-order valence-electron chi connectivity index (χ1n) is 6.52. The molecule has 2 N–H and O–H groups in total. The molecule has 22 heavy (non-hydrogen) atoms. The van der Waals surface area contributed by atoms with Crippen LogP contribution in [-0.2, 0) is 9.53 Å². The number of hydrogen-bond donors (Lipinski definition) is 2. The molecule has 2 aromatic rings. The van der Waals surface area contributed by atoms with Gasteiger partial charge < -0.3 is 15.2 Å². The number of amides is 1. The lowest BCUT2D eigenvalue weighted by Gasteiger charge is -2.24. The first kappa shape index (κ1) is 15.8. The van der Waals surface area contributed by atoms with Gasteiger partial charge >= 0.3 is 5.97 Å². The van der Waals surface area contributed by atoms with Crippen molar-refractivity contribution in [2.45, 2.75) is 26.3 Å². The summed E-state index contributed by atoms with van der Waals surface area (Å²) in [6.45, 7) is 4.78. The first-order chi connectivity index (χ1) is 10.3. The van der Waals surface area contributed by atoms with Gasteiger partial charge in [0.2, 0.25) is 5.82 Å². The van der Waals surface area contributed by atoms with Crippen molar-refractivity contribution in [2.24, 2.45) is 0 Å². The van der Waals surface area contributed by atoms with Crippen LogP contribution in [-0.4, -0.2) is 55.8 Å². The number of fused-ring (bicyclic) bond motifs is 1. The fourth-order valence-electron chi connectivity index (χ4n) is 2.01. The average Bonchev–Trinajstić information content (AvgIpc) is 2.82. The van der Waals surface area contributed by atoms with Crippen LogP contribution in [0.3, 0.4) is 0 Å². The van der Waals surface area contributed by atoms with Gasteiger partial charge in [-0.1, -0.05) is 0 Å². The number of ether oxygens (including phenoxy) is 1. The summed E-state index contributed by atoms with van der Waals surface area (Å²) in [4.78, 5) is 31.7. The van der Waals surface area contributed by atoms with Crippen molar-refractivity contribution in [3.8, 4) is 0 Å². The number of rotatable bonds is 5. The van der Waals surface area contributed by atoms with Gasteiger partial charge in [-0.25, -0.2) is 14.3 Å². The van der Waals surface area contributed by atoms with Gasteiger partial charge in [0.1, 0.15) is 0 Å². The Morgan fingerprint density at radius 1 is 1.41 bits per heavy atom. The van der Waals surface area contributed by atoms with Crippen molar-refractivity contribution >= 4 is 17.7 Å². The normalized spacial score (nSPS) is 13.8. The van der Waals surface area contributed by atoms with Crippen LogP contribution in [0.2, 0.25) is 0 Å². The van der Waals surface area contributed by atoms with Crippen LogP contribution in [0.1, 0.15) is 28.9 Å². The number of carboxylic acid groups (broad SMARTS) is 1. The maximum Gasteiger partial charge on any atom is 0.331 e. The van der Waals surface area contributed by atoms with Crippen molar-refractivity contribution in [2.75, 3.05) is 13.7 Å². The van der Waals surface area contributed by atoms with Gasteiger partial charge in [0.05, 0.1) is 6.61 Å². The number of aryl methyl sites for hydroxylation is 2. The van der Waals surface area contributed by atoms with E-state index in [9.17, 15) is 14.7 Å². The van der Waals surface area contributed by atoms with E-state index in [-0.39, 0.29) is 18.2 Å². The lowest BCUT2D eigenvalue weighted by Crippen LogP contribution is -2.55. The monoisotopic (exact) mass is 307 g/mol. The molecule has 1 atom stereocenters. The van der Waals surface area contributed by atoms with E-state index in [1.54, 1.807) is 6.07 Å². The molecule has 9 nitrogen and oxygen atoms in total. The Morgan fingerprint density at radius 3 is 2.68 bits per heavy atom. The van der Waals surface area contributed by atoms with E-state index in [1.165, 1.54) is 18.5 Å². The third kappa shape index (κ3) is 2.89. The molecule has 2 heterocycles.